The first-order valence-electron chi connectivity index (χ1n) is 6.96. The van der Waals surface area contributed by atoms with E-state index in [4.69, 9.17) is 0 Å². The van der Waals surface area contributed by atoms with Gasteiger partial charge in [0.25, 0.3) is 0 Å². The molecule has 0 radical (unpaired) electrons. The number of benzene rings is 1. The number of likely N-dealkylation sites (tertiary alicyclic amines) is 1. The molecule has 1 aromatic rings. The molecule has 1 aliphatic carbocycles. The number of hydrogen-bond donors (Lipinski definition) is 1. The number of carbonyl (C=O) groups is 1. The smallest absolute Gasteiger partial charge is 0.224 e. The topological polar surface area (TPSA) is 32.3 Å². The number of halogens is 1. The van der Waals surface area contributed by atoms with Gasteiger partial charge in [0.15, 0.2) is 0 Å². The minimum absolute atomic E-state index is 0.164. The summed E-state index contributed by atoms with van der Waals surface area (Å²) in [4.78, 5) is 13.7. The standard InChI is InChI=1S/C15H19FN2O/c16-13-3-1-2-12(6-13)9-18-10-14(7-15(18)19)17-8-11-4-5-11/h1-3,6,11,14,17H,4-5,7-10H2/t14-/m0/s1. The lowest BCUT2D eigenvalue weighted by Crippen LogP contribution is -2.33. The second-order valence-electron chi connectivity index (χ2n) is 5.66. The molecule has 3 nitrogen and oxygen atoms in total. The normalized spacial score (nSPS) is 23.1. The van der Waals surface area contributed by atoms with E-state index in [2.05, 4.69) is 5.32 Å². The zero-order chi connectivity index (χ0) is 13.2. The van der Waals surface area contributed by atoms with E-state index in [1.54, 1.807) is 6.07 Å². The SMILES string of the molecule is O=C1C[C@H](NCC2CC2)CN1Cc1cccc(F)c1. The van der Waals surface area contributed by atoms with Crippen LogP contribution in [0.25, 0.3) is 0 Å². The van der Waals surface area contributed by atoms with Crippen LogP contribution in [0, 0.1) is 11.7 Å². The van der Waals surface area contributed by atoms with Crippen LogP contribution in [0.3, 0.4) is 0 Å². The Morgan fingerprint density at radius 3 is 2.95 bits per heavy atom. The number of hydrogen-bond acceptors (Lipinski definition) is 2. The molecule has 3 rings (SSSR count). The molecule has 1 heterocycles. The maximum absolute atomic E-state index is 13.1. The highest BCUT2D eigenvalue weighted by molar-refractivity contribution is 5.79. The van der Waals surface area contributed by atoms with Crippen molar-refractivity contribution in [1.82, 2.24) is 10.2 Å². The van der Waals surface area contributed by atoms with E-state index in [-0.39, 0.29) is 17.8 Å². The Hall–Kier alpha value is -1.42. The minimum atomic E-state index is -0.243. The number of carbonyl (C=O) groups excluding carboxylic acids is 1. The van der Waals surface area contributed by atoms with Gasteiger partial charge in [0, 0.05) is 25.6 Å². The zero-order valence-electron chi connectivity index (χ0n) is 10.9. The molecule has 4 heteroatoms. The van der Waals surface area contributed by atoms with Gasteiger partial charge in [-0.3, -0.25) is 4.79 Å². The lowest BCUT2D eigenvalue weighted by molar-refractivity contribution is -0.128. The van der Waals surface area contributed by atoms with Crippen molar-refractivity contribution in [2.45, 2.75) is 31.8 Å². The van der Waals surface area contributed by atoms with Crippen LogP contribution < -0.4 is 5.32 Å². The Kier molecular flexibility index (Phi) is 3.51. The van der Waals surface area contributed by atoms with Crippen molar-refractivity contribution in [1.29, 1.82) is 0 Å². The molecule has 1 atom stereocenters. The van der Waals surface area contributed by atoms with Crippen LogP contribution in [0.2, 0.25) is 0 Å². The van der Waals surface area contributed by atoms with Gasteiger partial charge in [-0.05, 0) is 43.0 Å². The summed E-state index contributed by atoms with van der Waals surface area (Å²) in [7, 11) is 0. The Morgan fingerprint density at radius 2 is 2.21 bits per heavy atom. The Morgan fingerprint density at radius 1 is 1.37 bits per heavy atom. The van der Waals surface area contributed by atoms with Crippen molar-refractivity contribution in [3.63, 3.8) is 0 Å². The molecule has 1 saturated heterocycles. The lowest BCUT2D eigenvalue weighted by Gasteiger charge is -2.17. The first kappa shape index (κ1) is 12.6. The molecule has 1 amide bonds. The van der Waals surface area contributed by atoms with Crippen LogP contribution in [0.5, 0.6) is 0 Å². The second kappa shape index (κ2) is 5.29. The van der Waals surface area contributed by atoms with Gasteiger partial charge in [-0.2, -0.15) is 0 Å². The molecule has 2 fully saturated rings. The van der Waals surface area contributed by atoms with E-state index in [9.17, 15) is 9.18 Å². The maximum Gasteiger partial charge on any atom is 0.224 e. The molecular weight excluding hydrogens is 243 g/mol. The third-order valence-electron chi connectivity index (χ3n) is 3.87. The van der Waals surface area contributed by atoms with Gasteiger partial charge in [0.2, 0.25) is 5.91 Å². The van der Waals surface area contributed by atoms with E-state index in [1.165, 1.54) is 25.0 Å². The monoisotopic (exact) mass is 262 g/mol. The fourth-order valence-corrected chi connectivity index (χ4v) is 2.57. The summed E-state index contributed by atoms with van der Waals surface area (Å²) >= 11 is 0. The van der Waals surface area contributed by atoms with Crippen molar-refractivity contribution in [3.8, 4) is 0 Å². The Bertz CT molecular complexity index is 473. The van der Waals surface area contributed by atoms with Gasteiger partial charge >= 0.3 is 0 Å². The number of nitrogens with one attached hydrogen (secondary N) is 1. The van der Waals surface area contributed by atoms with Gasteiger partial charge in [0.05, 0.1) is 0 Å². The molecule has 1 N–H and O–H groups in total. The highest BCUT2D eigenvalue weighted by atomic mass is 19.1. The van der Waals surface area contributed by atoms with E-state index < -0.39 is 0 Å². The van der Waals surface area contributed by atoms with Gasteiger partial charge < -0.3 is 10.2 Å². The fourth-order valence-electron chi connectivity index (χ4n) is 2.57. The van der Waals surface area contributed by atoms with Crippen LogP contribution in [0.4, 0.5) is 4.39 Å². The molecule has 0 aromatic heterocycles. The molecule has 1 aliphatic heterocycles. The molecule has 2 aliphatic rings. The van der Waals surface area contributed by atoms with Crippen LogP contribution in [-0.4, -0.2) is 29.9 Å². The average Bonchev–Trinajstić information content (AvgIpc) is 3.13. The average molecular weight is 262 g/mol. The first-order valence-corrected chi connectivity index (χ1v) is 6.96. The number of rotatable bonds is 5. The van der Waals surface area contributed by atoms with E-state index in [0.29, 0.717) is 13.0 Å². The minimum Gasteiger partial charge on any atom is -0.337 e. The van der Waals surface area contributed by atoms with Crippen molar-refractivity contribution in [2.24, 2.45) is 5.92 Å². The summed E-state index contributed by atoms with van der Waals surface area (Å²) in [5, 5.41) is 3.46. The quantitative estimate of drug-likeness (QED) is 0.879. The molecule has 1 aromatic carbocycles. The maximum atomic E-state index is 13.1. The van der Waals surface area contributed by atoms with Crippen molar-refractivity contribution in [3.05, 3.63) is 35.6 Å². The summed E-state index contributed by atoms with van der Waals surface area (Å²) in [6.45, 7) is 2.28. The molecule has 1 saturated carbocycles. The summed E-state index contributed by atoms with van der Waals surface area (Å²) < 4.78 is 13.1. The van der Waals surface area contributed by atoms with Crippen LogP contribution in [0.15, 0.2) is 24.3 Å². The van der Waals surface area contributed by atoms with Crippen molar-refractivity contribution in [2.75, 3.05) is 13.1 Å². The molecule has 0 bridgehead atoms. The Labute approximate surface area is 112 Å². The third kappa shape index (κ3) is 3.32. The van der Waals surface area contributed by atoms with E-state index >= 15 is 0 Å². The summed E-state index contributed by atoms with van der Waals surface area (Å²) in [6, 6.07) is 6.74. The lowest BCUT2D eigenvalue weighted by atomic mass is 10.2. The molecule has 0 spiro atoms. The highest BCUT2D eigenvalue weighted by Crippen LogP contribution is 2.28. The van der Waals surface area contributed by atoms with Crippen LogP contribution in [-0.2, 0) is 11.3 Å². The number of amides is 1. The van der Waals surface area contributed by atoms with Gasteiger partial charge in [-0.25, -0.2) is 4.39 Å². The fraction of sp³-hybridized carbons (Fsp3) is 0.533. The van der Waals surface area contributed by atoms with Crippen molar-refractivity contribution < 1.29 is 9.18 Å². The van der Waals surface area contributed by atoms with Crippen LogP contribution >= 0.6 is 0 Å². The zero-order valence-corrected chi connectivity index (χ0v) is 10.9. The van der Waals surface area contributed by atoms with Gasteiger partial charge in [0.1, 0.15) is 5.82 Å². The van der Waals surface area contributed by atoms with Gasteiger partial charge in [-0.1, -0.05) is 12.1 Å². The van der Waals surface area contributed by atoms with E-state index in [1.807, 2.05) is 11.0 Å². The molecule has 19 heavy (non-hydrogen) atoms. The first-order chi connectivity index (χ1) is 9.20. The predicted molar refractivity (Wildman–Crippen MR) is 70.9 cm³/mol. The second-order valence-corrected chi connectivity index (χ2v) is 5.66. The van der Waals surface area contributed by atoms with Crippen molar-refractivity contribution >= 4 is 5.91 Å². The van der Waals surface area contributed by atoms with Crippen LogP contribution in [0.1, 0.15) is 24.8 Å². The molecule has 0 unspecified atom stereocenters. The van der Waals surface area contributed by atoms with E-state index in [0.717, 1.165) is 24.6 Å². The Balaban J connectivity index is 1.54. The third-order valence-corrected chi connectivity index (χ3v) is 3.87. The predicted octanol–water partition coefficient (Wildman–Crippen LogP) is 1.93. The summed E-state index contributed by atoms with van der Waals surface area (Å²) in [6.07, 6.45) is 3.21. The number of nitrogens with zero attached hydrogens (tertiary/aromatic N) is 1. The largest absolute Gasteiger partial charge is 0.337 e. The molecule has 102 valence electrons. The summed E-state index contributed by atoms with van der Waals surface area (Å²) in [5.74, 6) is 0.748. The molecular formula is C15H19FN2O. The highest BCUT2D eigenvalue weighted by Gasteiger charge is 2.30. The summed E-state index contributed by atoms with van der Waals surface area (Å²) in [5.41, 5.74) is 0.858. The van der Waals surface area contributed by atoms with Gasteiger partial charge in [-0.15, -0.1) is 0 Å².